The fraction of sp³-hybridized carbons (Fsp3) is 0.500. The van der Waals surface area contributed by atoms with E-state index in [0.29, 0.717) is 31.4 Å². The number of allylic oxidation sites excluding steroid dienone is 5. The van der Waals surface area contributed by atoms with Crippen LogP contribution >= 0.6 is 0 Å². The van der Waals surface area contributed by atoms with Crippen molar-refractivity contribution < 1.29 is 34.1 Å². The minimum atomic E-state index is -0.880. The number of benzene rings is 1. The van der Waals surface area contributed by atoms with E-state index < -0.39 is 36.2 Å². The fourth-order valence-electron chi connectivity index (χ4n) is 4.68. The molecule has 0 fully saturated rings. The van der Waals surface area contributed by atoms with Crippen LogP contribution in [0.2, 0.25) is 0 Å². The number of methoxy groups -OCH3 is 1. The van der Waals surface area contributed by atoms with Crippen molar-refractivity contribution >= 4 is 23.5 Å². The molecule has 1 aliphatic rings. The highest BCUT2D eigenvalue weighted by Gasteiger charge is 2.29. The number of hydrogen-bond donors (Lipinski definition) is 4. The van der Waals surface area contributed by atoms with Crippen molar-refractivity contribution in [1.29, 1.82) is 0 Å². The van der Waals surface area contributed by atoms with E-state index in [0.717, 1.165) is 11.1 Å². The maximum Gasteiger partial charge on any atom is 0.328 e. The molecule has 9 nitrogen and oxygen atoms in total. The molecule has 2 rings (SSSR count). The van der Waals surface area contributed by atoms with Gasteiger partial charge in [0.25, 0.3) is 0 Å². The Bertz CT molecular complexity index is 1200. The van der Waals surface area contributed by atoms with Crippen molar-refractivity contribution in [2.24, 2.45) is 11.8 Å². The lowest BCUT2D eigenvalue weighted by atomic mass is 9.90. The molecule has 0 unspecified atom stereocenters. The molecule has 0 spiro atoms. The van der Waals surface area contributed by atoms with Crippen molar-refractivity contribution in [1.82, 2.24) is 5.32 Å². The first kappa shape index (κ1) is 35.5. The Kier molecular flexibility index (Phi) is 14.9. The van der Waals surface area contributed by atoms with Crippen LogP contribution in [0.15, 0.2) is 66.3 Å². The lowest BCUT2D eigenvalue weighted by Crippen LogP contribution is -2.43. The molecule has 0 aromatic heterocycles. The van der Waals surface area contributed by atoms with E-state index in [-0.39, 0.29) is 29.9 Å². The standard InChI is InChI=1S/C34H48N2O7/c1-22(2)17-31(38)35-25(5)34(41)43-30-16-11-9-7-8-10-15-29(42-6)21-32(39)36-27-18-26(19-28(37)20-27)14-12-13-23(3)33(40)24(30)4/h7-11,13,15,18-20,22,24-25,29-30,33,37,40H,12,14,16-17,21H2,1-6H3,(H,35,38)(H,36,39)/t24-,25+,29-,30+,33-/m0/s1. The predicted molar refractivity (Wildman–Crippen MR) is 168 cm³/mol. The highest BCUT2D eigenvalue weighted by Crippen LogP contribution is 2.24. The van der Waals surface area contributed by atoms with Crippen LogP contribution in [0.5, 0.6) is 5.75 Å². The van der Waals surface area contributed by atoms with E-state index in [1.807, 2.05) is 52.0 Å². The minimum Gasteiger partial charge on any atom is -0.508 e. The monoisotopic (exact) mass is 596 g/mol. The molecular weight excluding hydrogens is 548 g/mol. The molecule has 4 N–H and O–H groups in total. The molecule has 5 atom stereocenters. The van der Waals surface area contributed by atoms with Gasteiger partial charge in [0.1, 0.15) is 17.9 Å². The Hall–Kier alpha value is -3.69. The minimum absolute atomic E-state index is 0.0423. The third-order valence-electron chi connectivity index (χ3n) is 7.16. The summed E-state index contributed by atoms with van der Waals surface area (Å²) in [6.45, 7) is 9.11. The number of amides is 2. The van der Waals surface area contributed by atoms with Gasteiger partial charge in [0.2, 0.25) is 11.8 Å². The van der Waals surface area contributed by atoms with Crippen LogP contribution in [0, 0.1) is 11.8 Å². The third-order valence-corrected chi connectivity index (χ3v) is 7.16. The van der Waals surface area contributed by atoms with Crippen LogP contribution in [0.4, 0.5) is 5.69 Å². The third kappa shape index (κ3) is 13.0. The number of carbonyl (C=O) groups excluding carboxylic acids is 3. The Morgan fingerprint density at radius 3 is 2.53 bits per heavy atom. The number of fused-ring (bicyclic) bond motifs is 2. The van der Waals surface area contributed by atoms with Crippen LogP contribution in [-0.2, 0) is 30.3 Å². The van der Waals surface area contributed by atoms with Gasteiger partial charge in [-0.3, -0.25) is 9.59 Å². The Labute approximate surface area is 255 Å². The molecule has 1 aromatic carbocycles. The van der Waals surface area contributed by atoms with Gasteiger partial charge < -0.3 is 30.3 Å². The number of esters is 1. The molecule has 43 heavy (non-hydrogen) atoms. The smallest absolute Gasteiger partial charge is 0.328 e. The number of aliphatic hydroxyl groups excluding tert-OH is 1. The summed E-state index contributed by atoms with van der Waals surface area (Å²) >= 11 is 0. The topological polar surface area (TPSA) is 134 Å². The number of phenolic OH excluding ortho intramolecular Hbond substituents is 1. The number of hydrogen-bond acceptors (Lipinski definition) is 7. The largest absolute Gasteiger partial charge is 0.508 e. The summed E-state index contributed by atoms with van der Waals surface area (Å²) in [4.78, 5) is 37.7. The highest BCUT2D eigenvalue weighted by molar-refractivity contribution is 5.91. The summed E-state index contributed by atoms with van der Waals surface area (Å²) in [5.41, 5.74) is 2.04. The summed E-state index contributed by atoms with van der Waals surface area (Å²) in [6.07, 6.45) is 12.7. The second kappa shape index (κ2) is 18.1. The van der Waals surface area contributed by atoms with Gasteiger partial charge in [0.05, 0.1) is 18.6 Å². The van der Waals surface area contributed by atoms with Crippen LogP contribution in [0.3, 0.4) is 0 Å². The van der Waals surface area contributed by atoms with Crippen molar-refractivity contribution in [3.8, 4) is 5.75 Å². The average molecular weight is 597 g/mol. The molecule has 0 saturated heterocycles. The number of ether oxygens (including phenoxy) is 2. The normalized spacial score (nSPS) is 23.1. The number of aromatic hydroxyl groups is 1. The summed E-state index contributed by atoms with van der Waals surface area (Å²) in [5, 5.41) is 26.9. The average Bonchev–Trinajstić information content (AvgIpc) is 2.92. The number of carbonyl (C=O) groups is 3. The van der Waals surface area contributed by atoms with Gasteiger partial charge in [0, 0.05) is 37.6 Å². The number of phenols is 1. The zero-order chi connectivity index (χ0) is 31.9. The van der Waals surface area contributed by atoms with E-state index in [4.69, 9.17) is 9.47 Å². The predicted octanol–water partition coefficient (Wildman–Crippen LogP) is 5.15. The van der Waals surface area contributed by atoms with Gasteiger partial charge in [-0.2, -0.15) is 0 Å². The van der Waals surface area contributed by atoms with Gasteiger partial charge in [-0.1, -0.05) is 63.3 Å². The van der Waals surface area contributed by atoms with Gasteiger partial charge in [-0.25, -0.2) is 4.79 Å². The SMILES string of the molecule is CO[C@H]1C=CC=CC=CC[C@@H](OC(=O)[C@@H](C)NC(=O)CC(C)C)[C@H](C)[C@@H](O)C(C)=CCCc2cc(O)cc(c2)NC(=O)C1. The van der Waals surface area contributed by atoms with Gasteiger partial charge in [0.15, 0.2) is 0 Å². The van der Waals surface area contributed by atoms with Crippen LogP contribution < -0.4 is 10.6 Å². The molecule has 1 heterocycles. The van der Waals surface area contributed by atoms with Gasteiger partial charge >= 0.3 is 5.97 Å². The quantitative estimate of drug-likeness (QED) is 0.264. The number of aliphatic hydroxyl groups is 1. The maximum atomic E-state index is 12.9. The maximum absolute atomic E-state index is 12.9. The van der Waals surface area contributed by atoms with E-state index in [9.17, 15) is 24.6 Å². The zero-order valence-electron chi connectivity index (χ0n) is 26.2. The zero-order valence-corrected chi connectivity index (χ0v) is 26.2. The summed E-state index contributed by atoms with van der Waals surface area (Å²) < 4.78 is 11.3. The number of anilines is 1. The van der Waals surface area contributed by atoms with E-state index in [1.54, 1.807) is 37.3 Å². The van der Waals surface area contributed by atoms with Gasteiger partial charge in [-0.15, -0.1) is 0 Å². The summed E-state index contributed by atoms with van der Waals surface area (Å²) in [7, 11) is 1.53. The first-order valence-electron chi connectivity index (χ1n) is 14.9. The first-order valence-corrected chi connectivity index (χ1v) is 14.9. The van der Waals surface area contributed by atoms with Gasteiger partial charge in [-0.05, 0) is 55.9 Å². The van der Waals surface area contributed by atoms with Crippen molar-refractivity contribution in [2.75, 3.05) is 12.4 Å². The molecule has 9 heteroatoms. The Balaban J connectivity index is 2.30. The van der Waals surface area contributed by atoms with Crippen LogP contribution in [-0.4, -0.2) is 59.5 Å². The molecule has 0 radical (unpaired) electrons. The second-order valence-electron chi connectivity index (χ2n) is 11.5. The van der Waals surface area contributed by atoms with Crippen molar-refractivity contribution in [3.63, 3.8) is 0 Å². The van der Waals surface area contributed by atoms with Crippen molar-refractivity contribution in [2.45, 2.75) is 91.1 Å². The summed E-state index contributed by atoms with van der Waals surface area (Å²) in [6, 6.07) is 4.12. The molecular formula is C34H48N2O7. The molecule has 2 amide bonds. The molecule has 0 aliphatic carbocycles. The Morgan fingerprint density at radius 2 is 1.84 bits per heavy atom. The van der Waals surface area contributed by atoms with E-state index >= 15 is 0 Å². The van der Waals surface area contributed by atoms with Crippen molar-refractivity contribution in [3.05, 3.63) is 71.9 Å². The van der Waals surface area contributed by atoms with Crippen LogP contribution in [0.25, 0.3) is 0 Å². The van der Waals surface area contributed by atoms with E-state index in [1.165, 1.54) is 13.2 Å². The molecule has 1 aliphatic heterocycles. The second-order valence-corrected chi connectivity index (χ2v) is 11.5. The molecule has 1 aromatic rings. The molecule has 2 bridgehead atoms. The lowest BCUT2D eigenvalue weighted by molar-refractivity contribution is -0.156. The first-order chi connectivity index (χ1) is 20.4. The fourth-order valence-corrected chi connectivity index (χ4v) is 4.68. The number of nitrogens with one attached hydrogen (secondary N) is 2. The lowest BCUT2D eigenvalue weighted by Gasteiger charge is -2.29. The van der Waals surface area contributed by atoms with E-state index in [2.05, 4.69) is 10.6 Å². The van der Waals surface area contributed by atoms with Crippen LogP contribution in [0.1, 0.15) is 65.9 Å². The highest BCUT2D eigenvalue weighted by atomic mass is 16.5. The molecule has 236 valence electrons. The summed E-state index contributed by atoms with van der Waals surface area (Å²) in [5.74, 6) is -1.26. The number of rotatable bonds is 6. The molecule has 0 saturated carbocycles. The number of aryl methyl sites for hydroxylation is 1. The Morgan fingerprint density at radius 1 is 1.12 bits per heavy atom.